The van der Waals surface area contributed by atoms with Gasteiger partial charge in [-0.2, -0.15) is 0 Å². The number of pyridine rings is 1. The van der Waals surface area contributed by atoms with Gasteiger partial charge in [0.2, 0.25) is 0 Å². The van der Waals surface area contributed by atoms with E-state index in [9.17, 15) is 4.79 Å². The number of hydrogen-bond acceptors (Lipinski definition) is 4. The SMILES string of the molecule is C[C@H](c1cccnc1)N(C(=O)c1ccc2[nH]c(=S)oc2c1)C1CC1. The molecule has 1 aliphatic carbocycles. The van der Waals surface area contributed by atoms with Gasteiger partial charge < -0.3 is 14.3 Å². The van der Waals surface area contributed by atoms with E-state index < -0.39 is 0 Å². The van der Waals surface area contributed by atoms with Gasteiger partial charge in [0, 0.05) is 24.0 Å². The molecule has 4 rings (SSSR count). The Kier molecular flexibility index (Phi) is 3.69. The van der Waals surface area contributed by atoms with Crippen LogP contribution in [0.1, 0.15) is 41.7 Å². The third kappa shape index (κ3) is 2.73. The Hall–Kier alpha value is -2.47. The third-order valence-corrected chi connectivity index (χ3v) is 4.61. The molecule has 1 fully saturated rings. The Morgan fingerprint density at radius 1 is 1.42 bits per heavy atom. The fourth-order valence-electron chi connectivity index (χ4n) is 3.02. The summed E-state index contributed by atoms with van der Waals surface area (Å²) in [5, 5.41) is 0. The molecule has 0 bridgehead atoms. The van der Waals surface area contributed by atoms with Crippen LogP contribution in [-0.2, 0) is 0 Å². The molecule has 2 aromatic heterocycles. The largest absolute Gasteiger partial charge is 0.429 e. The van der Waals surface area contributed by atoms with Crippen LogP contribution in [-0.4, -0.2) is 26.8 Å². The van der Waals surface area contributed by atoms with Gasteiger partial charge in [0.25, 0.3) is 10.7 Å². The van der Waals surface area contributed by atoms with Crippen molar-refractivity contribution in [3.05, 3.63) is 58.7 Å². The fraction of sp³-hybridized carbons (Fsp3) is 0.278. The smallest absolute Gasteiger partial charge is 0.266 e. The minimum Gasteiger partial charge on any atom is -0.429 e. The van der Waals surface area contributed by atoms with E-state index in [0.29, 0.717) is 22.0 Å². The second-order valence-corrected chi connectivity index (χ2v) is 6.50. The molecule has 24 heavy (non-hydrogen) atoms. The summed E-state index contributed by atoms with van der Waals surface area (Å²) in [4.78, 5) is 22.5. The van der Waals surface area contributed by atoms with Gasteiger partial charge in [-0.05, 0) is 61.8 Å². The van der Waals surface area contributed by atoms with Crippen LogP contribution < -0.4 is 0 Å². The van der Waals surface area contributed by atoms with Crippen LogP contribution in [0.25, 0.3) is 11.1 Å². The molecular formula is C18H17N3O2S. The van der Waals surface area contributed by atoms with E-state index in [1.54, 1.807) is 12.3 Å². The number of nitrogens with zero attached hydrogens (tertiary/aromatic N) is 2. The minimum absolute atomic E-state index is 0.0121. The molecule has 1 atom stereocenters. The van der Waals surface area contributed by atoms with Crippen LogP contribution in [0.2, 0.25) is 0 Å². The first-order valence-electron chi connectivity index (χ1n) is 7.99. The van der Waals surface area contributed by atoms with Gasteiger partial charge in [-0.25, -0.2) is 0 Å². The van der Waals surface area contributed by atoms with Crippen LogP contribution in [0, 0.1) is 4.84 Å². The van der Waals surface area contributed by atoms with Gasteiger partial charge in [-0.1, -0.05) is 6.07 Å². The maximum absolute atomic E-state index is 13.1. The lowest BCUT2D eigenvalue weighted by Crippen LogP contribution is -2.35. The standard InChI is InChI=1S/C18H17N3O2S/c1-11(13-3-2-8-19-10-13)21(14-5-6-14)17(22)12-4-7-15-16(9-12)23-18(24)20-15/h2-4,7-11,14H,5-6H2,1H3,(H,20,24)/t11-/m1/s1. The number of fused-ring (bicyclic) bond motifs is 1. The van der Waals surface area contributed by atoms with Gasteiger partial charge in [-0.3, -0.25) is 9.78 Å². The second kappa shape index (κ2) is 5.87. The Balaban J connectivity index is 1.69. The number of amides is 1. The van der Waals surface area contributed by atoms with E-state index in [4.69, 9.17) is 16.6 Å². The zero-order chi connectivity index (χ0) is 16.7. The number of rotatable bonds is 4. The van der Waals surface area contributed by atoms with Gasteiger partial charge in [0.15, 0.2) is 5.58 Å². The van der Waals surface area contributed by atoms with Crippen molar-refractivity contribution in [2.45, 2.75) is 31.8 Å². The van der Waals surface area contributed by atoms with E-state index >= 15 is 0 Å². The number of carbonyl (C=O) groups excluding carboxylic acids is 1. The first-order chi connectivity index (χ1) is 11.6. The number of carbonyl (C=O) groups is 1. The molecule has 1 saturated carbocycles. The molecule has 3 aromatic rings. The molecule has 2 heterocycles. The van der Waals surface area contributed by atoms with Crippen molar-refractivity contribution in [2.75, 3.05) is 0 Å². The van der Waals surface area contributed by atoms with Crippen LogP contribution in [0.15, 0.2) is 47.1 Å². The third-order valence-electron chi connectivity index (χ3n) is 4.43. The Labute approximate surface area is 144 Å². The monoisotopic (exact) mass is 339 g/mol. The molecule has 1 N–H and O–H groups in total. The average molecular weight is 339 g/mol. The number of nitrogens with one attached hydrogen (secondary N) is 1. The molecule has 1 aliphatic rings. The topological polar surface area (TPSA) is 62.1 Å². The highest BCUT2D eigenvalue weighted by molar-refractivity contribution is 7.71. The summed E-state index contributed by atoms with van der Waals surface area (Å²) >= 11 is 5.01. The summed E-state index contributed by atoms with van der Waals surface area (Å²) in [5.74, 6) is 0.0121. The maximum atomic E-state index is 13.1. The van der Waals surface area contributed by atoms with Crippen molar-refractivity contribution in [1.29, 1.82) is 0 Å². The van der Waals surface area contributed by atoms with E-state index in [1.807, 2.05) is 42.3 Å². The predicted molar refractivity (Wildman–Crippen MR) is 93.2 cm³/mol. The van der Waals surface area contributed by atoms with Crippen molar-refractivity contribution in [1.82, 2.24) is 14.9 Å². The number of benzene rings is 1. The van der Waals surface area contributed by atoms with Crippen LogP contribution in [0.3, 0.4) is 0 Å². The number of hydrogen-bond donors (Lipinski definition) is 1. The average Bonchev–Trinajstić information content (AvgIpc) is 3.35. The first kappa shape index (κ1) is 15.1. The quantitative estimate of drug-likeness (QED) is 0.722. The van der Waals surface area contributed by atoms with Crippen LogP contribution >= 0.6 is 12.2 Å². The van der Waals surface area contributed by atoms with Gasteiger partial charge in [0.05, 0.1) is 11.6 Å². The highest BCUT2D eigenvalue weighted by atomic mass is 32.1. The van der Waals surface area contributed by atoms with Gasteiger partial charge >= 0.3 is 0 Å². The zero-order valence-electron chi connectivity index (χ0n) is 13.2. The predicted octanol–water partition coefficient (Wildman–Crippen LogP) is 4.25. The normalized spacial score (nSPS) is 15.4. The molecule has 5 nitrogen and oxygen atoms in total. The molecule has 0 saturated heterocycles. The lowest BCUT2D eigenvalue weighted by molar-refractivity contribution is 0.0673. The van der Waals surface area contributed by atoms with Crippen molar-refractivity contribution in [3.8, 4) is 0 Å². The first-order valence-corrected chi connectivity index (χ1v) is 8.40. The summed E-state index contributed by atoms with van der Waals surface area (Å²) in [5.41, 5.74) is 3.06. The number of aromatic amines is 1. The van der Waals surface area contributed by atoms with E-state index in [-0.39, 0.29) is 11.9 Å². The van der Waals surface area contributed by atoms with Gasteiger partial charge in [-0.15, -0.1) is 0 Å². The molecule has 6 heteroatoms. The fourth-order valence-corrected chi connectivity index (χ4v) is 3.22. The minimum atomic E-state index is -0.0212. The van der Waals surface area contributed by atoms with E-state index in [1.165, 1.54) is 0 Å². The highest BCUT2D eigenvalue weighted by Gasteiger charge is 2.36. The summed E-state index contributed by atoms with van der Waals surface area (Å²) in [7, 11) is 0. The molecule has 0 unspecified atom stereocenters. The van der Waals surface area contributed by atoms with Crippen molar-refractivity contribution in [2.24, 2.45) is 0 Å². The van der Waals surface area contributed by atoms with Crippen molar-refractivity contribution >= 4 is 29.2 Å². The van der Waals surface area contributed by atoms with E-state index in [0.717, 1.165) is 23.9 Å². The zero-order valence-corrected chi connectivity index (χ0v) is 14.0. The molecule has 1 amide bonds. The summed E-state index contributed by atoms with van der Waals surface area (Å²) in [6.07, 6.45) is 5.65. The van der Waals surface area contributed by atoms with Crippen LogP contribution in [0.4, 0.5) is 0 Å². The highest BCUT2D eigenvalue weighted by Crippen LogP contribution is 2.35. The molecule has 122 valence electrons. The number of oxazole rings is 1. The summed E-state index contributed by atoms with van der Waals surface area (Å²) < 4.78 is 5.44. The number of aromatic nitrogens is 2. The second-order valence-electron chi connectivity index (χ2n) is 6.13. The summed E-state index contributed by atoms with van der Waals surface area (Å²) in [6.45, 7) is 2.05. The lowest BCUT2D eigenvalue weighted by Gasteiger charge is -2.29. The van der Waals surface area contributed by atoms with Crippen molar-refractivity contribution < 1.29 is 9.21 Å². The lowest BCUT2D eigenvalue weighted by atomic mass is 10.1. The maximum Gasteiger partial charge on any atom is 0.266 e. The Bertz CT molecular complexity index is 944. The van der Waals surface area contributed by atoms with E-state index in [2.05, 4.69) is 9.97 Å². The number of H-pyrrole nitrogens is 1. The molecule has 1 aromatic carbocycles. The summed E-state index contributed by atoms with van der Waals surface area (Å²) in [6, 6.07) is 9.59. The van der Waals surface area contributed by atoms with Gasteiger partial charge in [0.1, 0.15) is 0 Å². The molecule has 0 radical (unpaired) electrons. The molecule has 0 spiro atoms. The molecule has 0 aliphatic heterocycles. The van der Waals surface area contributed by atoms with Crippen molar-refractivity contribution in [3.63, 3.8) is 0 Å². The Morgan fingerprint density at radius 3 is 2.96 bits per heavy atom. The van der Waals surface area contributed by atoms with Crippen LogP contribution in [0.5, 0.6) is 0 Å². The molecular weight excluding hydrogens is 322 g/mol. The Morgan fingerprint density at radius 2 is 2.25 bits per heavy atom.